The molecule has 1 rings (SSSR count). The number of hydrogen-bond acceptors (Lipinski definition) is 6. The van der Waals surface area contributed by atoms with Crippen molar-refractivity contribution in [2.45, 2.75) is 64.8 Å². The average molecular weight is 382 g/mol. The molecule has 0 spiro atoms. The lowest BCUT2D eigenvalue weighted by Gasteiger charge is -2.37. The second-order valence-electron chi connectivity index (χ2n) is 7.13. The molecule has 0 radical (unpaired) electrons. The molecule has 1 heterocycles. The van der Waals surface area contributed by atoms with Crippen molar-refractivity contribution < 1.29 is 9.47 Å². The predicted octanol–water partition coefficient (Wildman–Crippen LogP) is 2.16. The standard InChI is InChI=1S/C20H39N5O2/c1-5-16(26-4)10-15(11-21)20(23)19(24-14-22)8-9-25-12-17(6-2)27-18(7-3)13-25/h8,14-18,23H,5-7,9-13,21H2,1-4H3,(H2,22,24)/b19-8-,23-20?/t15?,16?,17-,18+. The molecule has 7 heteroatoms. The Balaban J connectivity index is 2.84. The number of nitrogens with zero attached hydrogens (tertiary/aromatic N) is 2. The lowest BCUT2D eigenvalue weighted by atomic mass is 9.93. The van der Waals surface area contributed by atoms with Crippen LogP contribution in [0.2, 0.25) is 0 Å². The summed E-state index contributed by atoms with van der Waals surface area (Å²) in [6.07, 6.45) is 7.49. The SMILES string of the molecule is CCC(CC(CN)C(=N)/C(=C/CN1C[C@@H](CC)O[C@@H](CC)C1)N=CN)OC. The van der Waals surface area contributed by atoms with Gasteiger partial charge < -0.3 is 26.4 Å². The van der Waals surface area contributed by atoms with E-state index >= 15 is 0 Å². The van der Waals surface area contributed by atoms with E-state index in [0.717, 1.165) is 38.9 Å². The van der Waals surface area contributed by atoms with Crippen LogP contribution in [0.4, 0.5) is 0 Å². The van der Waals surface area contributed by atoms with Gasteiger partial charge in [-0.2, -0.15) is 0 Å². The van der Waals surface area contributed by atoms with E-state index in [1.165, 1.54) is 6.34 Å². The smallest absolute Gasteiger partial charge is 0.0860 e. The van der Waals surface area contributed by atoms with Crippen molar-refractivity contribution >= 4 is 12.1 Å². The van der Waals surface area contributed by atoms with Gasteiger partial charge in [0.25, 0.3) is 0 Å². The molecule has 1 fully saturated rings. The fraction of sp³-hybridized carbons (Fsp3) is 0.800. The van der Waals surface area contributed by atoms with Crippen molar-refractivity contribution in [1.29, 1.82) is 5.41 Å². The molecule has 0 aromatic rings. The number of ether oxygens (including phenoxy) is 2. The first-order chi connectivity index (χ1) is 13.0. The lowest BCUT2D eigenvalue weighted by Crippen LogP contribution is -2.47. The first-order valence-corrected chi connectivity index (χ1v) is 10.2. The summed E-state index contributed by atoms with van der Waals surface area (Å²) in [4.78, 5) is 6.62. The number of morpholine rings is 1. The van der Waals surface area contributed by atoms with Crippen LogP contribution >= 0.6 is 0 Å². The van der Waals surface area contributed by atoms with Gasteiger partial charge in [0.1, 0.15) is 0 Å². The van der Waals surface area contributed by atoms with Crippen LogP contribution in [0.3, 0.4) is 0 Å². The molecule has 0 saturated carbocycles. The molecule has 2 unspecified atom stereocenters. The van der Waals surface area contributed by atoms with Gasteiger partial charge in [-0.25, -0.2) is 4.99 Å². The van der Waals surface area contributed by atoms with Crippen molar-refractivity contribution in [2.75, 3.05) is 33.3 Å². The maximum absolute atomic E-state index is 8.60. The number of rotatable bonds is 12. The summed E-state index contributed by atoms with van der Waals surface area (Å²) in [5.74, 6) is -0.0960. The average Bonchev–Trinajstić information content (AvgIpc) is 2.71. The Hall–Kier alpha value is -1.28. The Morgan fingerprint density at radius 1 is 1.30 bits per heavy atom. The second-order valence-corrected chi connectivity index (χ2v) is 7.13. The van der Waals surface area contributed by atoms with Gasteiger partial charge in [-0.3, -0.25) is 4.90 Å². The Morgan fingerprint density at radius 3 is 2.37 bits per heavy atom. The highest BCUT2D eigenvalue weighted by atomic mass is 16.5. The summed E-state index contributed by atoms with van der Waals surface area (Å²) in [7, 11) is 1.70. The quantitative estimate of drug-likeness (QED) is 0.354. The number of nitrogens with two attached hydrogens (primary N) is 2. The molecule has 27 heavy (non-hydrogen) atoms. The van der Waals surface area contributed by atoms with E-state index in [1.807, 2.05) is 6.08 Å². The minimum absolute atomic E-state index is 0.0943. The third-order valence-electron chi connectivity index (χ3n) is 5.28. The van der Waals surface area contributed by atoms with E-state index in [9.17, 15) is 0 Å². The van der Waals surface area contributed by atoms with Crippen molar-refractivity contribution in [3.05, 3.63) is 11.8 Å². The molecule has 1 aliphatic heterocycles. The monoisotopic (exact) mass is 381 g/mol. The number of aliphatic imine (C=N–C) groups is 1. The van der Waals surface area contributed by atoms with Crippen LogP contribution in [0.25, 0.3) is 0 Å². The van der Waals surface area contributed by atoms with Crippen LogP contribution in [0.15, 0.2) is 16.8 Å². The van der Waals surface area contributed by atoms with E-state index in [0.29, 0.717) is 24.4 Å². The Bertz CT molecular complexity index is 479. The molecule has 1 aliphatic rings. The molecule has 0 aromatic heterocycles. The summed E-state index contributed by atoms with van der Waals surface area (Å²) >= 11 is 0. The molecule has 0 bridgehead atoms. The lowest BCUT2D eigenvalue weighted by molar-refractivity contribution is -0.0839. The Kier molecular flexibility index (Phi) is 11.4. The van der Waals surface area contributed by atoms with Crippen LogP contribution in [0, 0.1) is 11.3 Å². The minimum Gasteiger partial charge on any atom is -0.390 e. The van der Waals surface area contributed by atoms with Gasteiger partial charge in [-0.15, -0.1) is 0 Å². The Labute approximate surface area is 164 Å². The minimum atomic E-state index is -0.0960. The zero-order valence-electron chi connectivity index (χ0n) is 17.5. The first-order valence-electron chi connectivity index (χ1n) is 10.2. The normalized spacial score (nSPS) is 24.3. The molecule has 0 amide bonds. The number of hydrogen-bond donors (Lipinski definition) is 3. The largest absolute Gasteiger partial charge is 0.390 e. The summed E-state index contributed by atoms with van der Waals surface area (Å²) in [6.45, 7) is 9.31. The van der Waals surface area contributed by atoms with Crippen LogP contribution in [0.1, 0.15) is 46.5 Å². The fourth-order valence-corrected chi connectivity index (χ4v) is 3.42. The van der Waals surface area contributed by atoms with Gasteiger partial charge in [-0.05, 0) is 31.8 Å². The van der Waals surface area contributed by atoms with E-state index in [2.05, 4.69) is 30.7 Å². The zero-order valence-corrected chi connectivity index (χ0v) is 17.5. The molecule has 0 aromatic carbocycles. The van der Waals surface area contributed by atoms with Crippen LogP contribution < -0.4 is 11.5 Å². The zero-order chi connectivity index (χ0) is 20.2. The molecular formula is C20H39N5O2. The summed E-state index contributed by atoms with van der Waals surface area (Å²) < 4.78 is 11.5. The number of methoxy groups -OCH3 is 1. The first kappa shape index (κ1) is 23.8. The second kappa shape index (κ2) is 13.0. The van der Waals surface area contributed by atoms with Crippen molar-refractivity contribution in [3.8, 4) is 0 Å². The predicted molar refractivity (Wildman–Crippen MR) is 112 cm³/mol. The van der Waals surface area contributed by atoms with E-state index in [4.69, 9.17) is 26.4 Å². The molecule has 0 aliphatic carbocycles. The van der Waals surface area contributed by atoms with Crippen molar-refractivity contribution in [2.24, 2.45) is 22.4 Å². The van der Waals surface area contributed by atoms with Gasteiger partial charge in [0, 0.05) is 39.2 Å². The van der Waals surface area contributed by atoms with E-state index < -0.39 is 0 Å². The third kappa shape index (κ3) is 7.70. The molecule has 1 saturated heterocycles. The van der Waals surface area contributed by atoms with Gasteiger partial charge in [0.05, 0.1) is 36.1 Å². The van der Waals surface area contributed by atoms with Crippen LogP contribution in [-0.2, 0) is 9.47 Å². The van der Waals surface area contributed by atoms with Crippen molar-refractivity contribution in [1.82, 2.24) is 4.90 Å². The molecule has 4 atom stereocenters. The van der Waals surface area contributed by atoms with Crippen LogP contribution in [-0.4, -0.2) is 68.6 Å². The van der Waals surface area contributed by atoms with E-state index in [1.54, 1.807) is 7.11 Å². The van der Waals surface area contributed by atoms with Gasteiger partial charge >= 0.3 is 0 Å². The maximum Gasteiger partial charge on any atom is 0.0860 e. The molecular weight excluding hydrogens is 342 g/mol. The molecule has 7 nitrogen and oxygen atoms in total. The topological polar surface area (TPSA) is 110 Å². The summed E-state index contributed by atoms with van der Waals surface area (Å²) in [5.41, 5.74) is 12.5. The summed E-state index contributed by atoms with van der Waals surface area (Å²) in [5, 5.41) is 8.60. The molecule has 5 N–H and O–H groups in total. The summed E-state index contributed by atoms with van der Waals surface area (Å²) in [6, 6.07) is 0. The Morgan fingerprint density at radius 2 is 1.93 bits per heavy atom. The van der Waals surface area contributed by atoms with Gasteiger partial charge in [-0.1, -0.05) is 20.8 Å². The van der Waals surface area contributed by atoms with E-state index in [-0.39, 0.29) is 24.2 Å². The maximum atomic E-state index is 8.60. The van der Waals surface area contributed by atoms with Crippen LogP contribution in [0.5, 0.6) is 0 Å². The fourth-order valence-electron chi connectivity index (χ4n) is 3.42. The number of nitrogens with one attached hydrogen (secondary N) is 1. The number of allylic oxidation sites excluding steroid dienone is 1. The third-order valence-corrected chi connectivity index (χ3v) is 5.28. The highest BCUT2D eigenvalue weighted by Crippen LogP contribution is 2.19. The highest BCUT2D eigenvalue weighted by Gasteiger charge is 2.26. The van der Waals surface area contributed by atoms with Gasteiger partial charge in [0.15, 0.2) is 0 Å². The molecule has 156 valence electrons. The highest BCUT2D eigenvalue weighted by molar-refractivity contribution is 6.00. The van der Waals surface area contributed by atoms with Crippen molar-refractivity contribution in [3.63, 3.8) is 0 Å². The van der Waals surface area contributed by atoms with Gasteiger partial charge in [0.2, 0.25) is 0 Å².